The van der Waals surface area contributed by atoms with Gasteiger partial charge in [0.15, 0.2) is 16.5 Å². The number of nitrogens with zero attached hydrogens (tertiary/aromatic N) is 3. The van der Waals surface area contributed by atoms with Gasteiger partial charge in [-0.15, -0.1) is 0 Å². The van der Waals surface area contributed by atoms with Crippen LogP contribution in [0.25, 0.3) is 5.65 Å². The topological polar surface area (TPSA) is 59.3 Å². The summed E-state index contributed by atoms with van der Waals surface area (Å²) >= 11 is 5.99. The smallest absolute Gasteiger partial charge is 0.276 e. The molecule has 5 nitrogen and oxygen atoms in total. The quantitative estimate of drug-likeness (QED) is 0.788. The van der Waals surface area contributed by atoms with Crippen molar-refractivity contribution in [1.29, 1.82) is 0 Å². The van der Waals surface area contributed by atoms with Crippen molar-refractivity contribution in [1.82, 2.24) is 14.6 Å². The molecule has 0 radical (unpaired) electrons. The molecule has 0 fully saturated rings. The number of fused-ring (bicyclic) bond motifs is 1. The van der Waals surface area contributed by atoms with E-state index in [0.29, 0.717) is 22.2 Å². The second kappa shape index (κ2) is 4.94. The summed E-state index contributed by atoms with van der Waals surface area (Å²) in [6.07, 6.45) is 1.48. The summed E-state index contributed by atoms with van der Waals surface area (Å²) in [6.45, 7) is 1.84. The first-order chi connectivity index (χ1) is 9.65. The Kier molecular flexibility index (Phi) is 3.12. The van der Waals surface area contributed by atoms with Crippen LogP contribution in [0.2, 0.25) is 5.15 Å². The van der Waals surface area contributed by atoms with Crippen LogP contribution in [0.3, 0.4) is 0 Å². The number of carbonyl (C=O) groups excluding carboxylic acids is 1. The zero-order chi connectivity index (χ0) is 14.1. The van der Waals surface area contributed by atoms with Gasteiger partial charge in [-0.1, -0.05) is 29.8 Å². The summed E-state index contributed by atoms with van der Waals surface area (Å²) in [5.41, 5.74) is 2.46. The van der Waals surface area contributed by atoms with Gasteiger partial charge in [0.25, 0.3) is 5.91 Å². The minimum Gasteiger partial charge on any atom is -0.321 e. The van der Waals surface area contributed by atoms with Gasteiger partial charge >= 0.3 is 0 Å². The minimum absolute atomic E-state index is 0.281. The number of aryl methyl sites for hydroxylation is 1. The maximum atomic E-state index is 12.2. The van der Waals surface area contributed by atoms with Crippen LogP contribution >= 0.6 is 11.6 Å². The van der Waals surface area contributed by atoms with Crippen LogP contribution in [0.5, 0.6) is 0 Å². The lowest BCUT2D eigenvalue weighted by Gasteiger charge is -2.05. The highest BCUT2D eigenvalue weighted by Crippen LogP contribution is 2.15. The molecule has 0 aliphatic heterocycles. The summed E-state index contributed by atoms with van der Waals surface area (Å²) < 4.78 is 1.44. The van der Waals surface area contributed by atoms with Gasteiger partial charge in [-0.05, 0) is 30.7 Å². The normalized spacial score (nSPS) is 10.7. The molecule has 1 aromatic carbocycles. The van der Waals surface area contributed by atoms with Crippen LogP contribution in [0, 0.1) is 6.92 Å². The van der Waals surface area contributed by atoms with E-state index >= 15 is 0 Å². The van der Waals surface area contributed by atoms with Crippen molar-refractivity contribution >= 4 is 28.8 Å². The average Bonchev–Trinajstić information content (AvgIpc) is 2.83. The Hall–Kier alpha value is -2.40. The van der Waals surface area contributed by atoms with Crippen LogP contribution in [0.15, 0.2) is 42.6 Å². The number of nitrogens with one attached hydrogen (secondary N) is 1. The molecule has 6 heteroatoms. The molecule has 0 atom stereocenters. The third-order valence-electron chi connectivity index (χ3n) is 2.89. The number of para-hydroxylation sites is 1. The summed E-state index contributed by atoms with van der Waals surface area (Å²) in [5, 5.41) is 7.30. The zero-order valence-electron chi connectivity index (χ0n) is 10.7. The van der Waals surface area contributed by atoms with Gasteiger partial charge in [0.2, 0.25) is 0 Å². The summed E-state index contributed by atoms with van der Waals surface area (Å²) in [4.78, 5) is 16.4. The fourth-order valence-corrected chi connectivity index (χ4v) is 1.99. The predicted molar refractivity (Wildman–Crippen MR) is 77.1 cm³/mol. The van der Waals surface area contributed by atoms with Crippen LogP contribution in [0.4, 0.5) is 5.69 Å². The largest absolute Gasteiger partial charge is 0.321 e. The lowest BCUT2D eigenvalue weighted by atomic mass is 10.3. The Labute approximate surface area is 120 Å². The van der Waals surface area contributed by atoms with E-state index in [9.17, 15) is 4.79 Å². The van der Waals surface area contributed by atoms with Crippen LogP contribution in [-0.2, 0) is 0 Å². The number of hydrogen-bond acceptors (Lipinski definition) is 3. The van der Waals surface area contributed by atoms with Crippen molar-refractivity contribution in [2.24, 2.45) is 0 Å². The monoisotopic (exact) mass is 286 g/mol. The molecule has 3 rings (SSSR count). The van der Waals surface area contributed by atoms with Crippen molar-refractivity contribution in [3.05, 3.63) is 59.0 Å². The Balaban J connectivity index is 1.98. The first-order valence-corrected chi connectivity index (χ1v) is 6.40. The molecule has 0 bridgehead atoms. The number of amides is 1. The number of anilines is 1. The molecule has 0 unspecified atom stereocenters. The molecule has 0 spiro atoms. The van der Waals surface area contributed by atoms with Gasteiger partial charge < -0.3 is 5.32 Å². The lowest BCUT2D eigenvalue weighted by Crippen LogP contribution is -2.15. The Morgan fingerprint density at radius 1 is 1.30 bits per heavy atom. The standard InChI is InChI=1S/C14H11ClN4O/c1-9-7-12-16-8-11(19(12)18-13(9)15)14(20)17-10-5-3-2-4-6-10/h2-8H,1H3,(H,17,20). The number of imidazole rings is 1. The Bertz CT molecular complexity index is 782. The highest BCUT2D eigenvalue weighted by molar-refractivity contribution is 6.30. The van der Waals surface area contributed by atoms with Crippen molar-refractivity contribution in [3.8, 4) is 0 Å². The van der Waals surface area contributed by atoms with Gasteiger partial charge in [-0.2, -0.15) is 5.10 Å². The Morgan fingerprint density at radius 2 is 2.05 bits per heavy atom. The van der Waals surface area contributed by atoms with Gasteiger partial charge in [-0.25, -0.2) is 9.50 Å². The van der Waals surface area contributed by atoms with E-state index < -0.39 is 0 Å². The fraction of sp³-hybridized carbons (Fsp3) is 0.0714. The predicted octanol–water partition coefficient (Wildman–Crippen LogP) is 2.94. The van der Waals surface area contributed by atoms with Crippen molar-refractivity contribution in [3.63, 3.8) is 0 Å². The molecule has 1 N–H and O–H groups in total. The third-order valence-corrected chi connectivity index (χ3v) is 3.26. The molecular weight excluding hydrogens is 276 g/mol. The van der Waals surface area contributed by atoms with E-state index in [1.807, 2.05) is 37.3 Å². The number of aromatic nitrogens is 3. The number of benzene rings is 1. The first kappa shape index (κ1) is 12.6. The molecule has 100 valence electrons. The van der Waals surface area contributed by atoms with Gasteiger partial charge in [0, 0.05) is 5.69 Å². The van der Waals surface area contributed by atoms with Crippen molar-refractivity contribution < 1.29 is 4.79 Å². The molecule has 2 aromatic heterocycles. The van der Waals surface area contributed by atoms with Gasteiger partial charge in [0.1, 0.15) is 0 Å². The van der Waals surface area contributed by atoms with Crippen LogP contribution in [0.1, 0.15) is 16.1 Å². The summed E-state index contributed by atoms with van der Waals surface area (Å²) in [5.74, 6) is -0.281. The van der Waals surface area contributed by atoms with Crippen LogP contribution < -0.4 is 5.32 Å². The molecular formula is C14H11ClN4O. The van der Waals surface area contributed by atoms with Gasteiger partial charge in [0.05, 0.1) is 6.20 Å². The zero-order valence-corrected chi connectivity index (χ0v) is 11.4. The maximum absolute atomic E-state index is 12.2. The SMILES string of the molecule is Cc1cc2ncc(C(=O)Nc3ccccc3)n2nc1Cl. The van der Waals surface area contributed by atoms with E-state index in [0.717, 1.165) is 5.56 Å². The molecule has 0 saturated carbocycles. The third kappa shape index (κ3) is 2.23. The summed E-state index contributed by atoms with van der Waals surface area (Å²) in [7, 11) is 0. The Morgan fingerprint density at radius 3 is 2.80 bits per heavy atom. The molecule has 0 aliphatic carbocycles. The molecule has 20 heavy (non-hydrogen) atoms. The van der Waals surface area contributed by atoms with Crippen LogP contribution in [-0.4, -0.2) is 20.5 Å². The van der Waals surface area contributed by atoms with E-state index in [-0.39, 0.29) is 5.91 Å². The number of rotatable bonds is 2. The maximum Gasteiger partial charge on any atom is 0.276 e. The molecule has 0 aliphatic rings. The summed E-state index contributed by atoms with van der Waals surface area (Å²) in [6, 6.07) is 11.0. The number of hydrogen-bond donors (Lipinski definition) is 1. The average molecular weight is 287 g/mol. The molecule has 3 aromatic rings. The molecule has 0 saturated heterocycles. The van der Waals surface area contributed by atoms with Gasteiger partial charge in [-0.3, -0.25) is 4.79 Å². The highest BCUT2D eigenvalue weighted by Gasteiger charge is 2.14. The first-order valence-electron chi connectivity index (χ1n) is 6.02. The van der Waals surface area contributed by atoms with Crippen molar-refractivity contribution in [2.45, 2.75) is 6.92 Å². The van der Waals surface area contributed by atoms with E-state index in [4.69, 9.17) is 11.6 Å². The van der Waals surface area contributed by atoms with E-state index in [1.54, 1.807) is 6.07 Å². The lowest BCUT2D eigenvalue weighted by molar-refractivity contribution is 0.102. The number of halogens is 1. The second-order valence-electron chi connectivity index (χ2n) is 4.35. The molecule has 2 heterocycles. The second-order valence-corrected chi connectivity index (χ2v) is 4.71. The van der Waals surface area contributed by atoms with E-state index in [1.165, 1.54) is 10.7 Å². The van der Waals surface area contributed by atoms with E-state index in [2.05, 4.69) is 15.4 Å². The fourth-order valence-electron chi connectivity index (χ4n) is 1.85. The highest BCUT2D eigenvalue weighted by atomic mass is 35.5. The van der Waals surface area contributed by atoms with Crippen molar-refractivity contribution in [2.75, 3.05) is 5.32 Å². The number of carbonyl (C=O) groups is 1. The minimum atomic E-state index is -0.281. The molecule has 1 amide bonds.